The normalized spacial score (nSPS) is 20.3. The van der Waals surface area contributed by atoms with Gasteiger partial charge in [-0.1, -0.05) is 13.3 Å². The molecule has 120 valence electrons. The maximum atomic E-state index is 12.4. The number of aromatic amines is 1. The van der Waals surface area contributed by atoms with Crippen molar-refractivity contribution < 1.29 is 19.5 Å². The van der Waals surface area contributed by atoms with Gasteiger partial charge >= 0.3 is 5.97 Å². The molecule has 0 atom stereocenters. The van der Waals surface area contributed by atoms with Gasteiger partial charge in [-0.15, -0.1) is 0 Å². The molecule has 1 aliphatic carbocycles. The van der Waals surface area contributed by atoms with E-state index in [0.29, 0.717) is 36.2 Å². The fourth-order valence-electron chi connectivity index (χ4n) is 3.04. The maximum absolute atomic E-state index is 12.4. The largest absolute Gasteiger partial charge is 0.481 e. The maximum Gasteiger partial charge on any atom is 0.306 e. The third kappa shape index (κ3) is 3.05. The summed E-state index contributed by atoms with van der Waals surface area (Å²) in [6, 6.07) is -0.104. The molecule has 1 saturated carbocycles. The minimum Gasteiger partial charge on any atom is -0.481 e. The monoisotopic (exact) mass is 306 g/mol. The fourth-order valence-corrected chi connectivity index (χ4v) is 3.04. The summed E-state index contributed by atoms with van der Waals surface area (Å²) in [5, 5.41) is 11.7. The van der Waals surface area contributed by atoms with E-state index in [0.717, 1.165) is 12.0 Å². The zero-order valence-electron chi connectivity index (χ0n) is 13.2. The van der Waals surface area contributed by atoms with Crippen LogP contribution in [0.2, 0.25) is 0 Å². The second-order valence-electron chi connectivity index (χ2n) is 5.96. The fraction of sp³-hybridized carbons (Fsp3) is 0.562. The Kier molecular flexibility index (Phi) is 4.68. The van der Waals surface area contributed by atoms with E-state index in [1.807, 2.05) is 6.92 Å². The third-order valence-corrected chi connectivity index (χ3v) is 4.19. The molecule has 1 aromatic heterocycles. The van der Waals surface area contributed by atoms with Crippen LogP contribution in [0.3, 0.4) is 0 Å². The molecular weight excluding hydrogens is 284 g/mol. The SMILES string of the molecule is CCCc1c(C(=O)NC2CC(C(=O)O)C2)[nH]c(C)c1C(C)=O. The van der Waals surface area contributed by atoms with Gasteiger partial charge in [0.25, 0.3) is 5.91 Å². The van der Waals surface area contributed by atoms with Crippen LogP contribution in [0.25, 0.3) is 0 Å². The highest BCUT2D eigenvalue weighted by Crippen LogP contribution is 2.28. The number of ketones is 1. The van der Waals surface area contributed by atoms with E-state index in [2.05, 4.69) is 10.3 Å². The highest BCUT2D eigenvalue weighted by Gasteiger charge is 2.36. The van der Waals surface area contributed by atoms with Crippen molar-refractivity contribution in [3.63, 3.8) is 0 Å². The zero-order chi connectivity index (χ0) is 16.4. The van der Waals surface area contributed by atoms with Crippen molar-refractivity contribution in [1.29, 1.82) is 0 Å². The third-order valence-electron chi connectivity index (χ3n) is 4.19. The molecule has 0 bridgehead atoms. The van der Waals surface area contributed by atoms with Crippen molar-refractivity contribution in [3.8, 4) is 0 Å². The van der Waals surface area contributed by atoms with Gasteiger partial charge in [0, 0.05) is 17.3 Å². The summed E-state index contributed by atoms with van der Waals surface area (Å²) in [5.41, 5.74) is 2.50. The Labute approximate surface area is 129 Å². The predicted molar refractivity (Wildman–Crippen MR) is 81.1 cm³/mol. The molecule has 0 radical (unpaired) electrons. The summed E-state index contributed by atoms with van der Waals surface area (Å²) in [6.07, 6.45) is 2.42. The Morgan fingerprint density at radius 3 is 2.45 bits per heavy atom. The van der Waals surface area contributed by atoms with E-state index in [4.69, 9.17) is 5.11 Å². The highest BCUT2D eigenvalue weighted by atomic mass is 16.4. The van der Waals surface area contributed by atoms with Gasteiger partial charge in [0.2, 0.25) is 0 Å². The van der Waals surface area contributed by atoms with Crippen molar-refractivity contribution in [2.24, 2.45) is 5.92 Å². The number of hydrogen-bond donors (Lipinski definition) is 3. The molecule has 1 amide bonds. The number of aromatic nitrogens is 1. The Hall–Kier alpha value is -2.11. The van der Waals surface area contributed by atoms with Crippen molar-refractivity contribution in [3.05, 3.63) is 22.5 Å². The summed E-state index contributed by atoms with van der Waals surface area (Å²) >= 11 is 0. The molecule has 1 heterocycles. The van der Waals surface area contributed by atoms with E-state index in [1.165, 1.54) is 6.92 Å². The summed E-state index contributed by atoms with van der Waals surface area (Å²) in [6.45, 7) is 5.29. The van der Waals surface area contributed by atoms with E-state index in [9.17, 15) is 14.4 Å². The second kappa shape index (κ2) is 6.34. The molecular formula is C16H22N2O4. The predicted octanol–water partition coefficient (Wildman–Crippen LogP) is 2.07. The number of Topliss-reactive ketones (excluding diaryl/α,β-unsaturated/α-hetero) is 1. The Morgan fingerprint density at radius 2 is 1.95 bits per heavy atom. The van der Waals surface area contributed by atoms with Crippen molar-refractivity contribution in [2.45, 2.75) is 52.5 Å². The lowest BCUT2D eigenvalue weighted by Crippen LogP contribution is -2.47. The first kappa shape index (κ1) is 16.3. The van der Waals surface area contributed by atoms with Crippen molar-refractivity contribution in [1.82, 2.24) is 10.3 Å². The van der Waals surface area contributed by atoms with E-state index in [-0.39, 0.29) is 23.7 Å². The molecule has 0 aliphatic heterocycles. The van der Waals surface area contributed by atoms with Crippen LogP contribution < -0.4 is 5.32 Å². The zero-order valence-corrected chi connectivity index (χ0v) is 13.2. The number of H-pyrrole nitrogens is 1. The number of carboxylic acid groups (broad SMARTS) is 1. The number of hydrogen-bond acceptors (Lipinski definition) is 3. The molecule has 1 aliphatic rings. The van der Waals surface area contributed by atoms with Crippen LogP contribution in [-0.4, -0.2) is 33.8 Å². The molecule has 2 rings (SSSR count). The average Bonchev–Trinajstić information content (AvgIpc) is 2.70. The van der Waals surface area contributed by atoms with Crippen LogP contribution in [0.15, 0.2) is 0 Å². The van der Waals surface area contributed by atoms with E-state index >= 15 is 0 Å². The molecule has 1 aromatic rings. The number of carboxylic acids is 1. The lowest BCUT2D eigenvalue weighted by molar-refractivity contribution is -0.145. The summed E-state index contributed by atoms with van der Waals surface area (Å²) < 4.78 is 0. The number of carbonyl (C=O) groups excluding carboxylic acids is 2. The Morgan fingerprint density at radius 1 is 1.32 bits per heavy atom. The van der Waals surface area contributed by atoms with Gasteiger partial charge in [-0.3, -0.25) is 14.4 Å². The summed E-state index contributed by atoms with van der Waals surface area (Å²) in [4.78, 5) is 38.0. The molecule has 0 aromatic carbocycles. The molecule has 6 nitrogen and oxygen atoms in total. The first-order valence-corrected chi connectivity index (χ1v) is 7.61. The minimum atomic E-state index is -0.813. The minimum absolute atomic E-state index is 0.0502. The second-order valence-corrected chi connectivity index (χ2v) is 5.96. The molecule has 0 unspecified atom stereocenters. The smallest absolute Gasteiger partial charge is 0.306 e. The standard InChI is InChI=1S/C16H22N2O4/c1-4-5-12-13(9(3)19)8(2)17-14(12)15(20)18-11-6-10(7-11)16(21)22/h10-11,17H,4-7H2,1-3H3,(H,18,20)(H,21,22). The van der Waals surface area contributed by atoms with E-state index in [1.54, 1.807) is 6.92 Å². The molecule has 0 saturated heterocycles. The van der Waals surface area contributed by atoms with Gasteiger partial charge in [0.1, 0.15) is 5.69 Å². The van der Waals surface area contributed by atoms with Crippen LogP contribution in [0.4, 0.5) is 0 Å². The number of rotatable bonds is 6. The van der Waals surface area contributed by atoms with Crippen molar-refractivity contribution >= 4 is 17.7 Å². The molecule has 22 heavy (non-hydrogen) atoms. The van der Waals surface area contributed by atoms with Gasteiger partial charge in [0.05, 0.1) is 5.92 Å². The highest BCUT2D eigenvalue weighted by molar-refractivity contribution is 6.02. The van der Waals surface area contributed by atoms with Crippen LogP contribution in [0.5, 0.6) is 0 Å². The van der Waals surface area contributed by atoms with E-state index < -0.39 is 5.97 Å². The van der Waals surface area contributed by atoms with Crippen LogP contribution in [0, 0.1) is 12.8 Å². The average molecular weight is 306 g/mol. The van der Waals surface area contributed by atoms with Gasteiger partial charge in [-0.2, -0.15) is 0 Å². The lowest BCUT2D eigenvalue weighted by atomic mass is 9.80. The summed E-state index contributed by atoms with van der Waals surface area (Å²) in [5.74, 6) is -1.48. The van der Waals surface area contributed by atoms with Gasteiger partial charge in [0.15, 0.2) is 5.78 Å². The number of aliphatic carboxylic acids is 1. The molecule has 1 fully saturated rings. The topological polar surface area (TPSA) is 99.3 Å². The number of aryl methyl sites for hydroxylation is 1. The van der Waals surface area contributed by atoms with Gasteiger partial charge < -0.3 is 15.4 Å². The number of amides is 1. The lowest BCUT2D eigenvalue weighted by Gasteiger charge is -2.32. The van der Waals surface area contributed by atoms with Gasteiger partial charge in [-0.25, -0.2) is 0 Å². The number of nitrogens with one attached hydrogen (secondary N) is 2. The Bertz CT molecular complexity index is 612. The quantitative estimate of drug-likeness (QED) is 0.700. The molecule has 6 heteroatoms. The molecule has 0 spiro atoms. The molecule has 3 N–H and O–H groups in total. The van der Waals surface area contributed by atoms with Gasteiger partial charge in [-0.05, 0) is 38.7 Å². The van der Waals surface area contributed by atoms with Crippen LogP contribution >= 0.6 is 0 Å². The van der Waals surface area contributed by atoms with Crippen LogP contribution in [-0.2, 0) is 11.2 Å². The summed E-state index contributed by atoms with van der Waals surface area (Å²) in [7, 11) is 0. The van der Waals surface area contributed by atoms with Crippen molar-refractivity contribution in [2.75, 3.05) is 0 Å². The Balaban J connectivity index is 2.14. The number of carbonyl (C=O) groups is 3. The first-order chi connectivity index (χ1) is 10.3. The van der Waals surface area contributed by atoms with Crippen LogP contribution in [0.1, 0.15) is 65.2 Å². The first-order valence-electron chi connectivity index (χ1n) is 7.61.